The summed E-state index contributed by atoms with van der Waals surface area (Å²) in [5.41, 5.74) is 0.516. The van der Waals surface area contributed by atoms with Gasteiger partial charge in [0, 0.05) is 29.9 Å². The van der Waals surface area contributed by atoms with E-state index in [9.17, 15) is 9.18 Å². The van der Waals surface area contributed by atoms with Crippen LogP contribution in [0.5, 0.6) is 0 Å². The highest BCUT2D eigenvalue weighted by molar-refractivity contribution is 6.19. The molecule has 0 fully saturated rings. The summed E-state index contributed by atoms with van der Waals surface area (Å²) >= 11 is 0. The Kier molecular flexibility index (Phi) is 3.97. The molecule has 1 aliphatic rings. The zero-order chi connectivity index (χ0) is 16.3. The number of pyridine rings is 1. The molecule has 0 saturated carbocycles. The van der Waals surface area contributed by atoms with Crippen LogP contribution in [0.15, 0.2) is 59.0 Å². The molecule has 0 aliphatic carbocycles. The average molecular weight is 311 g/mol. The second-order valence-corrected chi connectivity index (χ2v) is 5.00. The summed E-state index contributed by atoms with van der Waals surface area (Å²) in [6.45, 7) is 1.71. The molecule has 0 radical (unpaired) electrons. The third-order valence-corrected chi connectivity index (χ3v) is 3.54. The highest BCUT2D eigenvalue weighted by atomic mass is 19.1. The molecule has 1 atom stereocenters. The molecule has 0 N–H and O–H groups in total. The van der Waals surface area contributed by atoms with Crippen molar-refractivity contribution in [2.24, 2.45) is 10.2 Å². The fourth-order valence-electron chi connectivity index (χ4n) is 2.38. The van der Waals surface area contributed by atoms with Gasteiger partial charge in [-0.2, -0.15) is 10.2 Å². The number of carbonyl (C=O) groups is 1. The molecule has 1 aromatic carbocycles. The first-order valence-corrected chi connectivity index (χ1v) is 7.16. The van der Waals surface area contributed by atoms with Crippen LogP contribution < -0.4 is 0 Å². The summed E-state index contributed by atoms with van der Waals surface area (Å²) in [5, 5.41) is 8.07. The fraction of sp³-hybridized carbons (Fsp3) is 0.176. The Morgan fingerprint density at radius 1 is 1.17 bits per heavy atom. The molecule has 1 aliphatic heterocycles. The van der Waals surface area contributed by atoms with Gasteiger partial charge in [0.25, 0.3) is 0 Å². The molecule has 0 spiro atoms. The maximum absolute atomic E-state index is 13.2. The molecular weight excluding hydrogens is 297 g/mol. The molecule has 0 bridgehead atoms. The minimum absolute atomic E-state index is 0.220. The first-order valence-electron chi connectivity index (χ1n) is 7.16. The standard InChI is InChI=1S/C17H14FN3O2/c1-2-15(22)23-17(13-7-9-19-10-8-13)11-20-21-16(17)12-3-5-14(18)6-4-12/h3-11H,2H2,1H3. The van der Waals surface area contributed by atoms with Crippen molar-refractivity contribution in [2.75, 3.05) is 0 Å². The van der Waals surface area contributed by atoms with E-state index in [-0.39, 0.29) is 18.2 Å². The van der Waals surface area contributed by atoms with Crippen molar-refractivity contribution < 1.29 is 13.9 Å². The van der Waals surface area contributed by atoms with E-state index in [1.807, 2.05) is 0 Å². The van der Waals surface area contributed by atoms with Crippen LogP contribution in [0.1, 0.15) is 24.5 Å². The van der Waals surface area contributed by atoms with E-state index in [0.717, 1.165) is 0 Å². The van der Waals surface area contributed by atoms with Crippen LogP contribution in [0.3, 0.4) is 0 Å². The van der Waals surface area contributed by atoms with E-state index in [0.29, 0.717) is 16.8 Å². The van der Waals surface area contributed by atoms with Gasteiger partial charge in [0.2, 0.25) is 5.60 Å². The number of nitrogens with zero attached hydrogens (tertiary/aromatic N) is 3. The number of hydrogen-bond donors (Lipinski definition) is 0. The Balaban J connectivity index is 2.11. The van der Waals surface area contributed by atoms with Crippen LogP contribution in [0.2, 0.25) is 0 Å². The number of esters is 1. The quantitative estimate of drug-likeness (QED) is 0.816. The van der Waals surface area contributed by atoms with Gasteiger partial charge < -0.3 is 4.74 Å². The molecule has 23 heavy (non-hydrogen) atoms. The zero-order valence-electron chi connectivity index (χ0n) is 12.4. The summed E-state index contributed by atoms with van der Waals surface area (Å²) in [4.78, 5) is 15.9. The van der Waals surface area contributed by atoms with Gasteiger partial charge in [-0.25, -0.2) is 4.39 Å². The van der Waals surface area contributed by atoms with Gasteiger partial charge in [-0.05, 0) is 36.4 Å². The van der Waals surface area contributed by atoms with Gasteiger partial charge in [-0.3, -0.25) is 9.78 Å². The van der Waals surface area contributed by atoms with Crippen molar-refractivity contribution in [3.63, 3.8) is 0 Å². The van der Waals surface area contributed by atoms with Crippen molar-refractivity contribution in [1.29, 1.82) is 0 Å². The number of halogens is 1. The van der Waals surface area contributed by atoms with Gasteiger partial charge in [-0.15, -0.1) is 0 Å². The summed E-state index contributed by atoms with van der Waals surface area (Å²) in [6, 6.07) is 9.29. The molecule has 0 saturated heterocycles. The summed E-state index contributed by atoms with van der Waals surface area (Å²) < 4.78 is 18.9. The Morgan fingerprint density at radius 3 is 2.52 bits per heavy atom. The van der Waals surface area contributed by atoms with Crippen molar-refractivity contribution >= 4 is 17.9 Å². The Morgan fingerprint density at radius 2 is 1.87 bits per heavy atom. The zero-order valence-corrected chi connectivity index (χ0v) is 12.4. The molecular formula is C17H14FN3O2. The maximum atomic E-state index is 13.2. The van der Waals surface area contributed by atoms with E-state index in [1.54, 1.807) is 43.6 Å². The Labute approximate surface area is 132 Å². The highest BCUT2D eigenvalue weighted by Gasteiger charge is 2.44. The largest absolute Gasteiger partial charge is 0.441 e. The summed E-state index contributed by atoms with van der Waals surface area (Å²) in [5.74, 6) is -0.738. The fourth-order valence-corrected chi connectivity index (χ4v) is 2.38. The predicted molar refractivity (Wildman–Crippen MR) is 83.7 cm³/mol. The molecule has 5 nitrogen and oxygen atoms in total. The Bertz CT molecular complexity index is 772. The minimum atomic E-state index is -1.23. The second kappa shape index (κ2) is 6.08. The minimum Gasteiger partial charge on any atom is -0.441 e. The lowest BCUT2D eigenvalue weighted by molar-refractivity contribution is -0.148. The smallest absolute Gasteiger partial charge is 0.307 e. The van der Waals surface area contributed by atoms with E-state index >= 15 is 0 Å². The van der Waals surface area contributed by atoms with E-state index in [1.165, 1.54) is 18.3 Å². The van der Waals surface area contributed by atoms with Crippen LogP contribution in [0.25, 0.3) is 0 Å². The summed E-state index contributed by atoms with van der Waals surface area (Å²) in [6.07, 6.45) is 4.91. The molecule has 1 unspecified atom stereocenters. The number of ether oxygens (including phenoxy) is 1. The second-order valence-electron chi connectivity index (χ2n) is 5.00. The number of aromatic nitrogens is 1. The monoisotopic (exact) mass is 311 g/mol. The van der Waals surface area contributed by atoms with Crippen LogP contribution in [-0.4, -0.2) is 22.9 Å². The molecule has 6 heteroatoms. The molecule has 2 aromatic rings. The first kappa shape index (κ1) is 15.0. The van der Waals surface area contributed by atoms with Crippen LogP contribution in [0, 0.1) is 5.82 Å². The lowest BCUT2D eigenvalue weighted by Crippen LogP contribution is -2.40. The van der Waals surface area contributed by atoms with E-state index in [2.05, 4.69) is 15.2 Å². The van der Waals surface area contributed by atoms with Crippen molar-refractivity contribution in [3.05, 3.63) is 65.7 Å². The van der Waals surface area contributed by atoms with E-state index in [4.69, 9.17) is 4.74 Å². The highest BCUT2D eigenvalue weighted by Crippen LogP contribution is 2.33. The van der Waals surface area contributed by atoms with Gasteiger partial charge in [0.05, 0.1) is 6.21 Å². The lowest BCUT2D eigenvalue weighted by Gasteiger charge is -2.28. The first-order chi connectivity index (χ1) is 11.2. The van der Waals surface area contributed by atoms with Crippen molar-refractivity contribution in [1.82, 2.24) is 4.98 Å². The molecule has 116 valence electrons. The van der Waals surface area contributed by atoms with Gasteiger partial charge >= 0.3 is 5.97 Å². The van der Waals surface area contributed by atoms with Gasteiger partial charge in [-0.1, -0.05) is 6.92 Å². The topological polar surface area (TPSA) is 63.9 Å². The third kappa shape index (κ3) is 2.75. The lowest BCUT2D eigenvalue weighted by atomic mass is 9.86. The number of hydrogen-bond acceptors (Lipinski definition) is 5. The number of benzene rings is 1. The van der Waals surface area contributed by atoms with Crippen molar-refractivity contribution in [3.8, 4) is 0 Å². The Hall–Kier alpha value is -2.89. The maximum Gasteiger partial charge on any atom is 0.307 e. The average Bonchev–Trinajstić information content (AvgIpc) is 3.01. The summed E-state index contributed by atoms with van der Waals surface area (Å²) in [7, 11) is 0. The molecule has 1 aromatic heterocycles. The normalized spacial score (nSPS) is 19.5. The number of carbonyl (C=O) groups excluding carboxylic acids is 1. The van der Waals surface area contributed by atoms with Crippen LogP contribution in [0.4, 0.5) is 4.39 Å². The predicted octanol–water partition coefficient (Wildman–Crippen LogP) is 2.86. The van der Waals surface area contributed by atoms with Gasteiger partial charge in [0.1, 0.15) is 11.5 Å². The molecule has 2 heterocycles. The van der Waals surface area contributed by atoms with E-state index < -0.39 is 5.60 Å². The molecule has 0 amide bonds. The number of rotatable bonds is 4. The van der Waals surface area contributed by atoms with Crippen LogP contribution in [-0.2, 0) is 15.1 Å². The van der Waals surface area contributed by atoms with Crippen molar-refractivity contribution in [2.45, 2.75) is 18.9 Å². The SMILES string of the molecule is CCC(=O)OC1(c2ccncc2)C=NN=C1c1ccc(F)cc1. The van der Waals surface area contributed by atoms with Gasteiger partial charge in [0.15, 0.2) is 0 Å². The van der Waals surface area contributed by atoms with Crippen LogP contribution >= 0.6 is 0 Å². The molecule has 3 rings (SSSR count). The third-order valence-electron chi connectivity index (χ3n) is 3.54.